The quantitative estimate of drug-likeness (QED) is 0.682. The maximum absolute atomic E-state index is 4.41. The van der Waals surface area contributed by atoms with E-state index in [9.17, 15) is 0 Å². The molecule has 2 aromatic carbocycles. The summed E-state index contributed by atoms with van der Waals surface area (Å²) in [6, 6.07) is 18.9. The van der Waals surface area contributed by atoms with E-state index in [4.69, 9.17) is 0 Å². The summed E-state index contributed by atoms with van der Waals surface area (Å²) in [5, 5.41) is 0. The topological polar surface area (TPSA) is 17.8 Å². The molecule has 3 aromatic rings. The van der Waals surface area contributed by atoms with Gasteiger partial charge in [0, 0.05) is 24.4 Å². The van der Waals surface area contributed by atoms with Gasteiger partial charge in [-0.1, -0.05) is 55.5 Å². The molecule has 2 heteroatoms. The van der Waals surface area contributed by atoms with E-state index >= 15 is 0 Å². The molecule has 0 saturated heterocycles. The number of aryl methyl sites for hydroxylation is 1. The molecule has 0 aliphatic rings. The highest BCUT2D eigenvalue weighted by Crippen LogP contribution is 2.27. The monoisotopic (exact) mass is 248 g/mol. The number of hydrogen-bond acceptors (Lipinski definition) is 1. The van der Waals surface area contributed by atoms with Crippen molar-refractivity contribution in [3.8, 4) is 16.8 Å². The molecule has 0 atom stereocenters. The first-order valence-electron chi connectivity index (χ1n) is 6.57. The Labute approximate surface area is 113 Å². The highest BCUT2D eigenvalue weighted by molar-refractivity contribution is 5.73. The average Bonchev–Trinajstić information content (AvgIpc) is 2.96. The fourth-order valence-electron chi connectivity index (χ4n) is 2.36. The molecule has 94 valence electrons. The first-order chi connectivity index (χ1) is 9.40. The summed E-state index contributed by atoms with van der Waals surface area (Å²) in [6.07, 6.45) is 4.82. The molecule has 19 heavy (non-hydrogen) atoms. The van der Waals surface area contributed by atoms with Crippen molar-refractivity contribution in [3.63, 3.8) is 0 Å². The molecular formula is C17H16N2. The number of imidazole rings is 1. The summed E-state index contributed by atoms with van der Waals surface area (Å²) in [6.45, 7) is 2.13. The van der Waals surface area contributed by atoms with Gasteiger partial charge in [0.25, 0.3) is 0 Å². The largest absolute Gasteiger partial charge is 0.303 e. The Bertz CT molecular complexity index is 668. The van der Waals surface area contributed by atoms with Crippen molar-refractivity contribution in [1.29, 1.82) is 0 Å². The van der Waals surface area contributed by atoms with E-state index in [0.717, 1.165) is 12.2 Å². The van der Waals surface area contributed by atoms with Crippen LogP contribution in [0.1, 0.15) is 12.7 Å². The van der Waals surface area contributed by atoms with Crippen molar-refractivity contribution in [2.24, 2.45) is 0 Å². The van der Waals surface area contributed by atoms with E-state index in [-0.39, 0.29) is 0 Å². The van der Waals surface area contributed by atoms with Crippen molar-refractivity contribution >= 4 is 0 Å². The second-order valence-corrected chi connectivity index (χ2v) is 4.45. The van der Waals surface area contributed by atoms with Crippen LogP contribution < -0.4 is 0 Å². The van der Waals surface area contributed by atoms with Crippen molar-refractivity contribution in [1.82, 2.24) is 9.55 Å². The van der Waals surface area contributed by atoms with Crippen LogP contribution in [0.5, 0.6) is 0 Å². The molecule has 0 unspecified atom stereocenters. The van der Waals surface area contributed by atoms with Crippen molar-refractivity contribution in [3.05, 3.63) is 72.8 Å². The SMILES string of the molecule is CCc1nccn1-c1ccccc1-c1ccccc1. The predicted molar refractivity (Wildman–Crippen MR) is 78.4 cm³/mol. The maximum atomic E-state index is 4.41. The molecule has 0 fully saturated rings. The van der Waals surface area contributed by atoms with Gasteiger partial charge in [0.15, 0.2) is 0 Å². The predicted octanol–water partition coefficient (Wildman–Crippen LogP) is 4.10. The second kappa shape index (κ2) is 5.11. The number of hydrogen-bond donors (Lipinski definition) is 0. The summed E-state index contributed by atoms with van der Waals surface area (Å²) < 4.78 is 2.17. The van der Waals surface area contributed by atoms with Crippen molar-refractivity contribution in [2.45, 2.75) is 13.3 Å². The van der Waals surface area contributed by atoms with Crippen LogP contribution in [0, 0.1) is 0 Å². The number of nitrogens with zero attached hydrogens (tertiary/aromatic N) is 2. The fraction of sp³-hybridized carbons (Fsp3) is 0.118. The Kier molecular flexibility index (Phi) is 3.15. The average molecular weight is 248 g/mol. The maximum Gasteiger partial charge on any atom is 0.112 e. The van der Waals surface area contributed by atoms with E-state index in [1.165, 1.54) is 16.8 Å². The Morgan fingerprint density at radius 2 is 1.68 bits per heavy atom. The molecule has 0 spiro atoms. The summed E-state index contributed by atoms with van der Waals surface area (Å²) in [4.78, 5) is 4.41. The zero-order valence-corrected chi connectivity index (χ0v) is 11.0. The molecular weight excluding hydrogens is 232 g/mol. The lowest BCUT2D eigenvalue weighted by molar-refractivity contribution is 0.892. The van der Waals surface area contributed by atoms with Crippen LogP contribution in [0.15, 0.2) is 67.0 Å². The van der Waals surface area contributed by atoms with Crippen molar-refractivity contribution in [2.75, 3.05) is 0 Å². The lowest BCUT2D eigenvalue weighted by atomic mass is 10.0. The summed E-state index contributed by atoms with van der Waals surface area (Å²) in [7, 11) is 0. The van der Waals surface area contributed by atoms with E-state index in [2.05, 4.69) is 65.0 Å². The Morgan fingerprint density at radius 1 is 0.947 bits per heavy atom. The first kappa shape index (κ1) is 11.7. The molecule has 0 aliphatic heterocycles. The molecule has 1 aromatic heterocycles. The lowest BCUT2D eigenvalue weighted by Gasteiger charge is -2.12. The van der Waals surface area contributed by atoms with E-state index in [1.54, 1.807) is 0 Å². The smallest absolute Gasteiger partial charge is 0.112 e. The van der Waals surface area contributed by atoms with Crippen LogP contribution in [0.2, 0.25) is 0 Å². The minimum atomic E-state index is 0.927. The van der Waals surface area contributed by atoms with Crippen LogP contribution in [-0.2, 0) is 6.42 Å². The van der Waals surface area contributed by atoms with Crippen LogP contribution >= 0.6 is 0 Å². The van der Waals surface area contributed by atoms with Gasteiger partial charge in [0.2, 0.25) is 0 Å². The zero-order chi connectivity index (χ0) is 13.1. The molecule has 0 N–H and O–H groups in total. The third kappa shape index (κ3) is 2.17. The summed E-state index contributed by atoms with van der Waals surface area (Å²) >= 11 is 0. The number of rotatable bonds is 3. The van der Waals surface area contributed by atoms with Gasteiger partial charge in [-0.3, -0.25) is 0 Å². The van der Waals surface area contributed by atoms with Crippen LogP contribution in [-0.4, -0.2) is 9.55 Å². The normalized spacial score (nSPS) is 10.6. The molecule has 0 radical (unpaired) electrons. The van der Waals surface area contributed by atoms with Gasteiger partial charge in [-0.25, -0.2) is 4.98 Å². The van der Waals surface area contributed by atoms with E-state index in [1.807, 2.05) is 18.5 Å². The van der Waals surface area contributed by atoms with E-state index < -0.39 is 0 Å². The van der Waals surface area contributed by atoms with Gasteiger partial charge in [0.1, 0.15) is 5.82 Å². The Balaban J connectivity index is 2.18. The molecule has 0 bridgehead atoms. The third-order valence-corrected chi connectivity index (χ3v) is 3.28. The molecule has 0 aliphatic carbocycles. The standard InChI is InChI=1S/C17H16N2/c1-2-17-18-12-13-19(17)16-11-7-6-10-15(16)14-8-4-3-5-9-14/h3-13H,2H2,1H3. The highest BCUT2D eigenvalue weighted by Gasteiger charge is 2.08. The molecule has 0 amide bonds. The van der Waals surface area contributed by atoms with Gasteiger partial charge >= 0.3 is 0 Å². The lowest BCUT2D eigenvalue weighted by Crippen LogP contribution is -2.00. The van der Waals surface area contributed by atoms with Gasteiger partial charge in [0.05, 0.1) is 5.69 Å². The third-order valence-electron chi connectivity index (χ3n) is 3.28. The second-order valence-electron chi connectivity index (χ2n) is 4.45. The number of para-hydroxylation sites is 1. The minimum absolute atomic E-state index is 0.927. The van der Waals surface area contributed by atoms with Crippen LogP contribution in [0.4, 0.5) is 0 Å². The van der Waals surface area contributed by atoms with Crippen LogP contribution in [0.3, 0.4) is 0 Å². The van der Waals surface area contributed by atoms with E-state index in [0.29, 0.717) is 0 Å². The number of aromatic nitrogens is 2. The first-order valence-corrected chi connectivity index (χ1v) is 6.57. The van der Waals surface area contributed by atoms with Gasteiger partial charge in [-0.05, 0) is 11.6 Å². The zero-order valence-electron chi connectivity index (χ0n) is 11.0. The van der Waals surface area contributed by atoms with Gasteiger partial charge in [-0.15, -0.1) is 0 Å². The number of benzene rings is 2. The Hall–Kier alpha value is -2.35. The van der Waals surface area contributed by atoms with Crippen LogP contribution in [0.25, 0.3) is 16.8 Å². The molecule has 1 heterocycles. The molecule has 0 saturated carbocycles. The molecule has 3 rings (SSSR count). The van der Waals surface area contributed by atoms with Gasteiger partial charge in [-0.2, -0.15) is 0 Å². The van der Waals surface area contributed by atoms with Crippen molar-refractivity contribution < 1.29 is 0 Å². The summed E-state index contributed by atoms with van der Waals surface area (Å²) in [5.41, 5.74) is 3.65. The fourth-order valence-corrected chi connectivity index (χ4v) is 2.36. The minimum Gasteiger partial charge on any atom is -0.303 e. The highest BCUT2D eigenvalue weighted by atomic mass is 15.1. The summed E-state index contributed by atoms with van der Waals surface area (Å²) in [5.74, 6) is 1.09. The molecule has 2 nitrogen and oxygen atoms in total. The van der Waals surface area contributed by atoms with Gasteiger partial charge < -0.3 is 4.57 Å². The Morgan fingerprint density at radius 3 is 2.47 bits per heavy atom.